The fraction of sp³-hybridized carbons (Fsp3) is 0.333. The van der Waals surface area contributed by atoms with Crippen molar-refractivity contribution in [1.29, 1.82) is 0 Å². The summed E-state index contributed by atoms with van der Waals surface area (Å²) in [4.78, 5) is 3.76. The molecule has 54 valence electrons. The average molecular weight is 171 g/mol. The van der Waals surface area contributed by atoms with Gasteiger partial charge in [0.05, 0.1) is 0 Å². The Morgan fingerprint density at radius 1 is 1.56 bits per heavy atom. The first-order valence-electron chi connectivity index (χ1n) is 1.96. The van der Waals surface area contributed by atoms with E-state index < -0.39 is 0 Å². The molecule has 0 unspecified atom stereocenters. The number of nitrogens with one attached hydrogen (secondary N) is 2. The second-order valence-electron chi connectivity index (χ2n) is 1.08. The third-order valence-corrected chi connectivity index (χ3v) is 0.652. The summed E-state index contributed by atoms with van der Waals surface area (Å²) >= 11 is 0. The molecule has 0 aromatic carbocycles. The highest BCUT2D eigenvalue weighted by Crippen LogP contribution is 1.85. The number of aromatic amines is 1. The standard InChI is InChI=1S/C3H6N4.2ClH/c1-4-3-5-2-6-7-3;;/h2H,1H3,(H2,4,5,6,7);2*1H. The van der Waals surface area contributed by atoms with Crippen LogP contribution in [0, 0.1) is 0 Å². The van der Waals surface area contributed by atoms with Crippen molar-refractivity contribution in [3.05, 3.63) is 6.33 Å². The van der Waals surface area contributed by atoms with Gasteiger partial charge in [-0.25, -0.2) is 10.1 Å². The van der Waals surface area contributed by atoms with E-state index in [4.69, 9.17) is 0 Å². The maximum atomic E-state index is 3.76. The largest absolute Gasteiger partial charge is 0.358 e. The highest BCUT2D eigenvalue weighted by molar-refractivity contribution is 5.85. The summed E-state index contributed by atoms with van der Waals surface area (Å²) in [5, 5.41) is 8.99. The van der Waals surface area contributed by atoms with E-state index in [0.29, 0.717) is 5.95 Å². The van der Waals surface area contributed by atoms with Crippen LogP contribution in [-0.2, 0) is 0 Å². The van der Waals surface area contributed by atoms with Crippen LogP contribution in [0.2, 0.25) is 0 Å². The molecule has 6 heteroatoms. The molecule has 1 heterocycles. The van der Waals surface area contributed by atoms with Gasteiger partial charge >= 0.3 is 0 Å². The second kappa shape index (κ2) is 5.65. The third kappa shape index (κ3) is 3.16. The van der Waals surface area contributed by atoms with Crippen molar-refractivity contribution in [2.75, 3.05) is 12.4 Å². The van der Waals surface area contributed by atoms with Crippen molar-refractivity contribution >= 4 is 30.8 Å². The monoisotopic (exact) mass is 170 g/mol. The zero-order chi connectivity index (χ0) is 5.11. The molecule has 0 spiro atoms. The Hall–Kier alpha value is -0.480. The highest BCUT2D eigenvalue weighted by atomic mass is 35.5. The van der Waals surface area contributed by atoms with Crippen LogP contribution < -0.4 is 5.32 Å². The Bertz CT molecular complexity index is 128. The summed E-state index contributed by atoms with van der Waals surface area (Å²) in [7, 11) is 1.78. The molecule has 0 aliphatic heterocycles. The van der Waals surface area contributed by atoms with Crippen LogP contribution in [0.5, 0.6) is 0 Å². The van der Waals surface area contributed by atoms with Gasteiger partial charge in [0, 0.05) is 7.05 Å². The minimum atomic E-state index is 0. The summed E-state index contributed by atoms with van der Waals surface area (Å²) < 4.78 is 0. The van der Waals surface area contributed by atoms with Crippen molar-refractivity contribution < 1.29 is 0 Å². The summed E-state index contributed by atoms with van der Waals surface area (Å²) in [5.41, 5.74) is 0. The minimum Gasteiger partial charge on any atom is -0.358 e. The van der Waals surface area contributed by atoms with Crippen LogP contribution in [0.4, 0.5) is 5.95 Å². The topological polar surface area (TPSA) is 53.6 Å². The maximum Gasteiger partial charge on any atom is 0.218 e. The molecule has 0 aliphatic carbocycles. The van der Waals surface area contributed by atoms with E-state index in [0.717, 1.165) is 0 Å². The Kier molecular flexibility index (Phi) is 7.12. The van der Waals surface area contributed by atoms with E-state index in [1.165, 1.54) is 6.33 Å². The SMILES string of the molecule is CNc1ncn[nH]1.Cl.Cl. The van der Waals surface area contributed by atoms with Crippen molar-refractivity contribution in [2.45, 2.75) is 0 Å². The molecular weight excluding hydrogens is 163 g/mol. The van der Waals surface area contributed by atoms with Gasteiger partial charge in [-0.2, -0.15) is 5.10 Å². The van der Waals surface area contributed by atoms with E-state index in [9.17, 15) is 0 Å². The fourth-order valence-corrected chi connectivity index (χ4v) is 0.326. The van der Waals surface area contributed by atoms with Crippen molar-refractivity contribution in [2.24, 2.45) is 0 Å². The van der Waals surface area contributed by atoms with Gasteiger partial charge in [-0.1, -0.05) is 0 Å². The summed E-state index contributed by atoms with van der Waals surface area (Å²) in [6, 6.07) is 0. The van der Waals surface area contributed by atoms with Crippen LogP contribution in [0.15, 0.2) is 6.33 Å². The predicted octanol–water partition coefficient (Wildman–Crippen LogP) is 0.690. The number of H-pyrrole nitrogens is 1. The molecule has 0 amide bonds. The molecule has 0 fully saturated rings. The molecule has 1 rings (SSSR count). The highest BCUT2D eigenvalue weighted by Gasteiger charge is 1.82. The molecular formula is C3H8Cl2N4. The van der Waals surface area contributed by atoms with E-state index in [1.54, 1.807) is 7.05 Å². The molecule has 0 bridgehead atoms. The molecule has 2 N–H and O–H groups in total. The number of halogens is 2. The maximum absolute atomic E-state index is 3.76. The van der Waals surface area contributed by atoms with Gasteiger partial charge in [-0.15, -0.1) is 24.8 Å². The molecule has 0 aliphatic rings. The lowest BCUT2D eigenvalue weighted by molar-refractivity contribution is 1.09. The molecule has 0 radical (unpaired) electrons. The molecule has 4 nitrogen and oxygen atoms in total. The molecule has 9 heavy (non-hydrogen) atoms. The van der Waals surface area contributed by atoms with Gasteiger partial charge < -0.3 is 5.32 Å². The Labute approximate surface area is 65.3 Å². The fourth-order valence-electron chi connectivity index (χ4n) is 0.326. The van der Waals surface area contributed by atoms with Gasteiger partial charge in [0.25, 0.3) is 0 Å². The van der Waals surface area contributed by atoms with E-state index in [1.807, 2.05) is 0 Å². The van der Waals surface area contributed by atoms with Crippen LogP contribution in [-0.4, -0.2) is 22.2 Å². The first-order chi connectivity index (χ1) is 3.43. The quantitative estimate of drug-likeness (QED) is 0.653. The molecule has 0 atom stereocenters. The zero-order valence-corrected chi connectivity index (χ0v) is 6.42. The van der Waals surface area contributed by atoms with Crippen LogP contribution >= 0.6 is 24.8 Å². The number of nitrogens with zero attached hydrogens (tertiary/aromatic N) is 2. The van der Waals surface area contributed by atoms with E-state index in [-0.39, 0.29) is 24.8 Å². The first-order valence-corrected chi connectivity index (χ1v) is 1.96. The molecule has 0 saturated carbocycles. The number of hydrogen-bond donors (Lipinski definition) is 2. The predicted molar refractivity (Wildman–Crippen MR) is 40.4 cm³/mol. The van der Waals surface area contributed by atoms with Gasteiger partial charge in [0.1, 0.15) is 6.33 Å². The molecule has 1 aromatic rings. The van der Waals surface area contributed by atoms with Crippen molar-refractivity contribution in [1.82, 2.24) is 15.2 Å². The lowest BCUT2D eigenvalue weighted by Crippen LogP contribution is -1.88. The first kappa shape index (κ1) is 11.3. The number of rotatable bonds is 1. The summed E-state index contributed by atoms with van der Waals surface area (Å²) in [5.74, 6) is 0.694. The number of anilines is 1. The van der Waals surface area contributed by atoms with Gasteiger partial charge in [0.2, 0.25) is 5.95 Å². The second-order valence-corrected chi connectivity index (χ2v) is 1.08. The lowest BCUT2D eigenvalue weighted by atomic mass is 11.0. The van der Waals surface area contributed by atoms with Gasteiger partial charge in [-0.3, -0.25) is 0 Å². The van der Waals surface area contributed by atoms with Crippen LogP contribution in [0.1, 0.15) is 0 Å². The van der Waals surface area contributed by atoms with Crippen molar-refractivity contribution in [3.63, 3.8) is 0 Å². The summed E-state index contributed by atoms with van der Waals surface area (Å²) in [6.45, 7) is 0. The zero-order valence-electron chi connectivity index (χ0n) is 4.79. The summed E-state index contributed by atoms with van der Waals surface area (Å²) in [6.07, 6.45) is 1.45. The normalized spacial score (nSPS) is 6.78. The third-order valence-electron chi connectivity index (χ3n) is 0.652. The Morgan fingerprint density at radius 3 is 2.44 bits per heavy atom. The van der Waals surface area contributed by atoms with E-state index in [2.05, 4.69) is 20.5 Å². The van der Waals surface area contributed by atoms with Gasteiger partial charge in [0.15, 0.2) is 0 Å². The molecule has 0 saturated heterocycles. The van der Waals surface area contributed by atoms with Crippen LogP contribution in [0.3, 0.4) is 0 Å². The average Bonchev–Trinajstić information content (AvgIpc) is 2.14. The Balaban J connectivity index is 0. The van der Waals surface area contributed by atoms with Crippen LogP contribution in [0.25, 0.3) is 0 Å². The number of aromatic nitrogens is 3. The lowest BCUT2D eigenvalue weighted by Gasteiger charge is -1.83. The van der Waals surface area contributed by atoms with Gasteiger partial charge in [-0.05, 0) is 0 Å². The Morgan fingerprint density at radius 2 is 2.22 bits per heavy atom. The minimum absolute atomic E-state index is 0. The molecule has 1 aromatic heterocycles. The smallest absolute Gasteiger partial charge is 0.218 e. The number of hydrogen-bond acceptors (Lipinski definition) is 3. The van der Waals surface area contributed by atoms with E-state index >= 15 is 0 Å². The van der Waals surface area contributed by atoms with Crippen molar-refractivity contribution in [3.8, 4) is 0 Å².